The molecule has 0 saturated carbocycles. The van der Waals surface area contributed by atoms with Crippen LogP contribution >= 0.6 is 23.1 Å². The first-order chi connectivity index (χ1) is 9.22. The molecule has 0 aromatic carbocycles. The monoisotopic (exact) mass is 298 g/mol. The fourth-order valence-corrected chi connectivity index (χ4v) is 3.71. The lowest BCUT2D eigenvalue weighted by Crippen LogP contribution is -2.34. The Kier molecular flexibility index (Phi) is 5.85. The van der Waals surface area contributed by atoms with Crippen molar-refractivity contribution in [3.63, 3.8) is 0 Å². The maximum atomic E-state index is 10.7. The number of piperidine rings is 1. The molecule has 0 bridgehead atoms. The second-order valence-corrected chi connectivity index (χ2v) is 7.35. The van der Waals surface area contributed by atoms with E-state index < -0.39 is 0 Å². The largest absolute Gasteiger partial charge is 0.303 e. The van der Waals surface area contributed by atoms with Crippen molar-refractivity contribution >= 4 is 29.4 Å². The summed E-state index contributed by atoms with van der Waals surface area (Å²) in [7, 11) is 0. The lowest BCUT2D eigenvalue weighted by molar-refractivity contribution is 0.111. The minimum Gasteiger partial charge on any atom is -0.303 e. The van der Waals surface area contributed by atoms with Crippen LogP contribution in [-0.4, -0.2) is 47.3 Å². The number of rotatable bonds is 6. The van der Waals surface area contributed by atoms with E-state index in [1.807, 2.05) is 17.1 Å². The van der Waals surface area contributed by atoms with Gasteiger partial charge in [-0.2, -0.15) is 11.8 Å². The molecule has 1 unspecified atom stereocenters. The number of aromatic nitrogens is 1. The molecule has 1 fully saturated rings. The highest BCUT2D eigenvalue weighted by atomic mass is 32.2. The third-order valence-electron chi connectivity index (χ3n) is 3.85. The predicted molar refractivity (Wildman–Crippen MR) is 83.5 cm³/mol. The van der Waals surface area contributed by atoms with Crippen molar-refractivity contribution < 1.29 is 4.79 Å². The van der Waals surface area contributed by atoms with Crippen molar-refractivity contribution in [2.45, 2.75) is 37.4 Å². The molecule has 0 spiro atoms. The van der Waals surface area contributed by atoms with Crippen LogP contribution in [0.2, 0.25) is 0 Å². The van der Waals surface area contributed by atoms with Crippen LogP contribution in [0.5, 0.6) is 0 Å². The van der Waals surface area contributed by atoms with E-state index >= 15 is 0 Å². The van der Waals surface area contributed by atoms with Gasteiger partial charge in [0.15, 0.2) is 6.29 Å². The molecule has 1 aromatic heterocycles. The molecule has 1 atom stereocenters. The molecule has 1 aliphatic heterocycles. The molecule has 1 aromatic rings. The van der Waals surface area contributed by atoms with Gasteiger partial charge in [0.2, 0.25) is 0 Å². The number of aldehydes is 1. The summed E-state index contributed by atoms with van der Waals surface area (Å²) in [6.45, 7) is 5.85. The Hall–Kier alpha value is -0.390. The molecule has 19 heavy (non-hydrogen) atoms. The third kappa shape index (κ3) is 4.29. The van der Waals surface area contributed by atoms with Gasteiger partial charge in [0.1, 0.15) is 5.69 Å². The Balaban J connectivity index is 1.77. The minimum atomic E-state index is 0.563. The topological polar surface area (TPSA) is 33.2 Å². The van der Waals surface area contributed by atoms with E-state index in [1.165, 1.54) is 38.9 Å². The van der Waals surface area contributed by atoms with Crippen molar-refractivity contribution in [1.82, 2.24) is 9.88 Å². The number of thioether (sulfide) groups is 1. The van der Waals surface area contributed by atoms with Gasteiger partial charge in [-0.05, 0) is 45.2 Å². The molecule has 0 radical (unpaired) electrons. The molecular weight excluding hydrogens is 276 g/mol. The highest BCUT2D eigenvalue weighted by Crippen LogP contribution is 2.30. The molecule has 2 rings (SSSR count). The van der Waals surface area contributed by atoms with Crippen molar-refractivity contribution in [1.29, 1.82) is 0 Å². The SMILES string of the molecule is CSC(C)CCN1CCC(c2nc(C=O)cs2)CC1. The normalized spacial score (nSPS) is 19.5. The van der Waals surface area contributed by atoms with Crippen LogP contribution < -0.4 is 0 Å². The number of thiazole rings is 1. The summed E-state index contributed by atoms with van der Waals surface area (Å²) in [6, 6.07) is 0. The third-order valence-corrected chi connectivity index (χ3v) is 5.92. The first-order valence-corrected chi connectivity index (χ1v) is 9.05. The van der Waals surface area contributed by atoms with Gasteiger partial charge < -0.3 is 4.90 Å². The van der Waals surface area contributed by atoms with Crippen molar-refractivity contribution in [2.75, 3.05) is 25.9 Å². The van der Waals surface area contributed by atoms with Gasteiger partial charge in [-0.15, -0.1) is 11.3 Å². The maximum Gasteiger partial charge on any atom is 0.169 e. The molecule has 1 saturated heterocycles. The predicted octanol–water partition coefficient (Wildman–Crippen LogP) is 3.28. The van der Waals surface area contributed by atoms with Crippen molar-refractivity contribution in [3.8, 4) is 0 Å². The number of hydrogen-bond acceptors (Lipinski definition) is 5. The van der Waals surface area contributed by atoms with Crippen LogP contribution in [0, 0.1) is 0 Å². The van der Waals surface area contributed by atoms with E-state index in [0.717, 1.165) is 16.5 Å². The van der Waals surface area contributed by atoms with Gasteiger partial charge in [0, 0.05) is 16.5 Å². The lowest BCUT2D eigenvalue weighted by atomic mass is 9.97. The molecule has 2 heterocycles. The zero-order chi connectivity index (χ0) is 13.7. The summed E-state index contributed by atoms with van der Waals surface area (Å²) >= 11 is 3.59. The average molecular weight is 298 g/mol. The average Bonchev–Trinajstić information content (AvgIpc) is 2.94. The van der Waals surface area contributed by atoms with Gasteiger partial charge in [-0.25, -0.2) is 4.98 Å². The van der Waals surface area contributed by atoms with Crippen LogP contribution in [0.15, 0.2) is 5.38 Å². The van der Waals surface area contributed by atoms with Gasteiger partial charge in [0.05, 0.1) is 5.01 Å². The summed E-state index contributed by atoms with van der Waals surface area (Å²) < 4.78 is 0. The Morgan fingerprint density at radius 1 is 1.58 bits per heavy atom. The maximum absolute atomic E-state index is 10.7. The van der Waals surface area contributed by atoms with Crippen LogP contribution in [0.1, 0.15) is 47.6 Å². The van der Waals surface area contributed by atoms with Gasteiger partial charge >= 0.3 is 0 Å². The van der Waals surface area contributed by atoms with Gasteiger partial charge in [-0.3, -0.25) is 4.79 Å². The molecule has 0 aliphatic carbocycles. The second-order valence-electron chi connectivity index (χ2n) is 5.18. The summed E-state index contributed by atoms with van der Waals surface area (Å²) in [4.78, 5) is 17.6. The summed E-state index contributed by atoms with van der Waals surface area (Å²) in [5.41, 5.74) is 0.594. The number of carbonyl (C=O) groups excluding carboxylic acids is 1. The summed E-state index contributed by atoms with van der Waals surface area (Å²) in [5.74, 6) is 0.563. The molecular formula is C14H22N2OS2. The molecule has 1 aliphatic rings. The van der Waals surface area contributed by atoms with E-state index in [9.17, 15) is 4.79 Å². The first kappa shape index (κ1) is 15.0. The number of nitrogens with zero attached hydrogens (tertiary/aromatic N) is 2. The fourth-order valence-electron chi connectivity index (χ4n) is 2.43. The van der Waals surface area contributed by atoms with E-state index in [2.05, 4.69) is 23.1 Å². The van der Waals surface area contributed by atoms with Gasteiger partial charge in [-0.1, -0.05) is 6.92 Å². The van der Waals surface area contributed by atoms with E-state index in [1.54, 1.807) is 11.3 Å². The number of hydrogen-bond donors (Lipinski definition) is 0. The highest BCUT2D eigenvalue weighted by Gasteiger charge is 2.22. The van der Waals surface area contributed by atoms with Gasteiger partial charge in [0.25, 0.3) is 0 Å². The Morgan fingerprint density at radius 2 is 2.32 bits per heavy atom. The molecule has 0 amide bonds. The molecule has 5 heteroatoms. The molecule has 0 N–H and O–H groups in total. The Bertz CT molecular complexity index is 400. The quantitative estimate of drug-likeness (QED) is 0.755. The van der Waals surface area contributed by atoms with Crippen molar-refractivity contribution in [3.05, 3.63) is 16.1 Å². The molecule has 3 nitrogen and oxygen atoms in total. The second kappa shape index (κ2) is 7.41. The van der Waals surface area contributed by atoms with Crippen LogP contribution in [0.25, 0.3) is 0 Å². The smallest absolute Gasteiger partial charge is 0.169 e. The van der Waals surface area contributed by atoms with Crippen LogP contribution in [-0.2, 0) is 0 Å². The van der Waals surface area contributed by atoms with E-state index in [-0.39, 0.29) is 0 Å². The Morgan fingerprint density at radius 3 is 2.89 bits per heavy atom. The molecule has 106 valence electrons. The fraction of sp³-hybridized carbons (Fsp3) is 0.714. The zero-order valence-electron chi connectivity index (χ0n) is 11.7. The van der Waals surface area contributed by atoms with E-state index in [4.69, 9.17) is 0 Å². The summed E-state index contributed by atoms with van der Waals surface area (Å²) in [5, 5.41) is 3.78. The summed E-state index contributed by atoms with van der Waals surface area (Å²) in [6.07, 6.45) is 6.67. The Labute approximate surface area is 123 Å². The first-order valence-electron chi connectivity index (χ1n) is 6.88. The highest BCUT2D eigenvalue weighted by molar-refractivity contribution is 7.99. The van der Waals surface area contributed by atoms with E-state index in [0.29, 0.717) is 11.6 Å². The van der Waals surface area contributed by atoms with Crippen LogP contribution in [0.4, 0.5) is 0 Å². The standard InChI is InChI=1S/C14H22N2OS2/c1-11(18-2)3-6-16-7-4-12(5-8-16)14-15-13(9-17)10-19-14/h9-12H,3-8H2,1-2H3. The van der Waals surface area contributed by atoms with Crippen molar-refractivity contribution in [2.24, 2.45) is 0 Å². The van der Waals surface area contributed by atoms with Crippen LogP contribution in [0.3, 0.4) is 0 Å². The number of likely N-dealkylation sites (tertiary alicyclic amines) is 1. The number of carbonyl (C=O) groups is 1. The lowest BCUT2D eigenvalue weighted by Gasteiger charge is -2.31. The zero-order valence-corrected chi connectivity index (χ0v) is 13.3. The minimum absolute atomic E-state index is 0.563.